The van der Waals surface area contributed by atoms with Crippen molar-refractivity contribution in [3.63, 3.8) is 0 Å². The van der Waals surface area contributed by atoms with E-state index in [4.69, 9.17) is 25.9 Å². The molecular formula is C27H33N7O5S. The van der Waals surface area contributed by atoms with Gasteiger partial charge in [-0.3, -0.25) is 11.5 Å². The van der Waals surface area contributed by atoms with Crippen LogP contribution < -0.4 is 31.6 Å². The first-order chi connectivity index (χ1) is 19.1. The number of hydrogen-bond donors (Lipinski definition) is 7. The van der Waals surface area contributed by atoms with Crippen molar-refractivity contribution in [2.75, 3.05) is 31.5 Å². The normalized spacial score (nSPS) is 21.0. The average molecular weight is 568 g/mol. The molecular weight excluding hydrogens is 534 g/mol. The molecule has 3 unspecified atom stereocenters. The molecule has 1 aliphatic rings. The summed E-state index contributed by atoms with van der Waals surface area (Å²) in [6, 6.07) is 12.8. The molecule has 13 heteroatoms. The summed E-state index contributed by atoms with van der Waals surface area (Å²) in [6.45, 7) is 1.53. The zero-order chi connectivity index (χ0) is 28.7. The van der Waals surface area contributed by atoms with Gasteiger partial charge in [0.05, 0.1) is 35.7 Å². The number of benzene rings is 2. The number of nitrogens with two attached hydrogens (primary N) is 2. The smallest absolute Gasteiger partial charge is 0.227 e. The number of aryl methyl sites for hydroxylation is 1. The van der Waals surface area contributed by atoms with Gasteiger partial charge in [0.15, 0.2) is 11.5 Å². The van der Waals surface area contributed by atoms with Crippen molar-refractivity contribution in [1.82, 2.24) is 15.0 Å². The Bertz CT molecular complexity index is 1480. The summed E-state index contributed by atoms with van der Waals surface area (Å²) in [5.41, 5.74) is 13.6. The third-order valence-electron chi connectivity index (χ3n) is 7.15. The van der Waals surface area contributed by atoms with Crippen molar-refractivity contribution in [1.29, 1.82) is 0 Å². The van der Waals surface area contributed by atoms with Crippen LogP contribution in [0.5, 0.6) is 11.5 Å². The van der Waals surface area contributed by atoms with Crippen LogP contribution >= 0.6 is 11.3 Å². The minimum absolute atomic E-state index is 0.0754. The van der Waals surface area contributed by atoms with Crippen LogP contribution in [-0.4, -0.2) is 62.9 Å². The molecule has 1 fully saturated rings. The van der Waals surface area contributed by atoms with E-state index in [-0.39, 0.29) is 24.8 Å². The fraction of sp³-hybridized carbons (Fsp3) is 0.370. The lowest BCUT2D eigenvalue weighted by Gasteiger charge is -2.31. The SMILES string of the molecule is COc1cc(OC)cc(C(N)(N)Nc2nc(C)c(-c3nc4ccccc4s3)c(NC3(O)CCC(CO)C3O)n2)c1. The Morgan fingerprint density at radius 1 is 1.10 bits per heavy atom. The number of rotatable bonds is 9. The number of methoxy groups -OCH3 is 2. The summed E-state index contributed by atoms with van der Waals surface area (Å²) >= 11 is 1.45. The van der Waals surface area contributed by atoms with Gasteiger partial charge >= 0.3 is 0 Å². The lowest BCUT2D eigenvalue weighted by molar-refractivity contribution is -0.0545. The van der Waals surface area contributed by atoms with Gasteiger partial charge in [-0.2, -0.15) is 4.98 Å². The molecule has 0 saturated heterocycles. The van der Waals surface area contributed by atoms with E-state index >= 15 is 0 Å². The van der Waals surface area contributed by atoms with Gasteiger partial charge in [-0.15, -0.1) is 11.3 Å². The number of nitrogens with one attached hydrogen (secondary N) is 2. The van der Waals surface area contributed by atoms with Crippen LogP contribution in [0.3, 0.4) is 0 Å². The Kier molecular flexibility index (Phi) is 7.52. The molecule has 0 radical (unpaired) electrons. The maximum absolute atomic E-state index is 11.4. The zero-order valence-electron chi connectivity index (χ0n) is 22.4. The van der Waals surface area contributed by atoms with Gasteiger partial charge in [0.1, 0.15) is 28.4 Å². The summed E-state index contributed by atoms with van der Waals surface area (Å²) in [6.07, 6.45) is -0.592. The first kappa shape index (κ1) is 28.0. The molecule has 9 N–H and O–H groups in total. The van der Waals surface area contributed by atoms with Gasteiger partial charge in [-0.05, 0) is 44.0 Å². The van der Waals surface area contributed by atoms with E-state index in [0.717, 1.165) is 10.2 Å². The zero-order valence-corrected chi connectivity index (χ0v) is 23.2. The summed E-state index contributed by atoms with van der Waals surface area (Å²) in [5, 5.41) is 38.5. The Morgan fingerprint density at radius 3 is 2.42 bits per heavy atom. The molecule has 4 aromatic rings. The largest absolute Gasteiger partial charge is 0.497 e. The average Bonchev–Trinajstić information content (AvgIpc) is 3.47. The van der Waals surface area contributed by atoms with E-state index in [2.05, 4.69) is 20.6 Å². The van der Waals surface area contributed by atoms with E-state index in [1.807, 2.05) is 24.3 Å². The molecule has 2 heterocycles. The van der Waals surface area contributed by atoms with E-state index in [9.17, 15) is 15.3 Å². The van der Waals surface area contributed by atoms with Crippen molar-refractivity contribution in [3.05, 3.63) is 53.7 Å². The minimum atomic E-state index is -1.74. The van der Waals surface area contributed by atoms with Crippen LogP contribution in [0.4, 0.5) is 11.8 Å². The molecule has 12 nitrogen and oxygen atoms in total. The maximum Gasteiger partial charge on any atom is 0.227 e. The molecule has 1 aliphatic carbocycles. The predicted octanol–water partition coefficient (Wildman–Crippen LogP) is 2.08. The van der Waals surface area contributed by atoms with Gasteiger partial charge < -0.3 is 35.4 Å². The quantitative estimate of drug-likeness (QED) is 0.146. The molecule has 0 amide bonds. The molecule has 212 valence electrons. The summed E-state index contributed by atoms with van der Waals surface area (Å²) < 4.78 is 11.7. The maximum atomic E-state index is 11.4. The molecule has 0 aliphatic heterocycles. The number of nitrogens with zero attached hydrogens (tertiary/aromatic N) is 3. The first-order valence-corrected chi connectivity index (χ1v) is 13.5. The molecule has 2 aromatic carbocycles. The lowest BCUT2D eigenvalue weighted by atomic mass is 10.0. The second-order valence-electron chi connectivity index (χ2n) is 9.91. The predicted molar refractivity (Wildman–Crippen MR) is 153 cm³/mol. The molecule has 5 rings (SSSR count). The third-order valence-corrected chi connectivity index (χ3v) is 8.20. The van der Waals surface area contributed by atoms with Gasteiger partial charge in [-0.25, -0.2) is 9.97 Å². The molecule has 1 saturated carbocycles. The van der Waals surface area contributed by atoms with Crippen molar-refractivity contribution >= 4 is 33.3 Å². The number of fused-ring (bicyclic) bond motifs is 1. The number of aromatic nitrogens is 3. The fourth-order valence-corrected chi connectivity index (χ4v) is 5.96. The third kappa shape index (κ3) is 5.27. The monoisotopic (exact) mass is 567 g/mol. The van der Waals surface area contributed by atoms with Crippen molar-refractivity contribution in [2.24, 2.45) is 17.4 Å². The Labute approximate surface area is 235 Å². The Balaban J connectivity index is 1.58. The van der Waals surface area contributed by atoms with Crippen LogP contribution in [0.2, 0.25) is 0 Å². The number of aliphatic hydroxyl groups excluding tert-OH is 2. The number of aliphatic hydroxyl groups is 3. The standard InChI is InChI=1S/C27H33N7O5S/c1-14-21(24-31-19-6-4-5-7-20(19)40-24)23(33-26(37)9-8-15(13-35)22(26)36)32-25(30-14)34-27(28,29)16-10-17(38-2)12-18(11-16)39-3/h4-7,10-12,15,22,35-37H,8-9,13,28-29H2,1-3H3,(H2,30,32,33,34). The number of thiazole rings is 1. The molecule has 0 spiro atoms. The second kappa shape index (κ2) is 10.8. The van der Waals surface area contributed by atoms with E-state index in [0.29, 0.717) is 39.7 Å². The summed E-state index contributed by atoms with van der Waals surface area (Å²) in [4.78, 5) is 14.0. The Morgan fingerprint density at radius 2 is 1.80 bits per heavy atom. The van der Waals surface area contributed by atoms with E-state index < -0.39 is 23.5 Å². The van der Waals surface area contributed by atoms with E-state index in [1.54, 1.807) is 25.1 Å². The molecule has 3 atom stereocenters. The number of ether oxygens (including phenoxy) is 2. The van der Waals surface area contributed by atoms with Gasteiger partial charge in [0, 0.05) is 24.2 Å². The fourth-order valence-electron chi connectivity index (χ4n) is 4.89. The van der Waals surface area contributed by atoms with Crippen LogP contribution in [0.1, 0.15) is 24.1 Å². The minimum Gasteiger partial charge on any atom is -0.497 e. The summed E-state index contributed by atoms with van der Waals surface area (Å²) in [7, 11) is 3.05. The highest BCUT2D eigenvalue weighted by atomic mass is 32.1. The van der Waals surface area contributed by atoms with Gasteiger partial charge in [0.2, 0.25) is 5.95 Å². The van der Waals surface area contributed by atoms with Crippen LogP contribution in [0.15, 0.2) is 42.5 Å². The number of anilines is 2. The number of para-hydroxylation sites is 1. The molecule has 0 bridgehead atoms. The first-order valence-electron chi connectivity index (χ1n) is 12.7. The van der Waals surface area contributed by atoms with Gasteiger partial charge in [0.25, 0.3) is 0 Å². The lowest BCUT2D eigenvalue weighted by Crippen LogP contribution is -2.53. The van der Waals surface area contributed by atoms with Crippen LogP contribution in [0.25, 0.3) is 20.8 Å². The van der Waals surface area contributed by atoms with Crippen molar-refractivity contribution in [2.45, 2.75) is 37.4 Å². The van der Waals surface area contributed by atoms with Gasteiger partial charge in [-0.1, -0.05) is 12.1 Å². The van der Waals surface area contributed by atoms with E-state index in [1.165, 1.54) is 25.6 Å². The number of hydrogen-bond acceptors (Lipinski definition) is 13. The summed E-state index contributed by atoms with van der Waals surface area (Å²) in [5.74, 6) is -0.822. The second-order valence-corrected chi connectivity index (χ2v) is 10.9. The van der Waals surface area contributed by atoms with Crippen LogP contribution in [-0.2, 0) is 5.79 Å². The molecule has 2 aromatic heterocycles. The van der Waals surface area contributed by atoms with Crippen molar-refractivity contribution in [3.8, 4) is 22.1 Å². The highest BCUT2D eigenvalue weighted by Crippen LogP contribution is 2.41. The topological polar surface area (TPSA) is 194 Å². The Hall–Kier alpha value is -3.59. The van der Waals surface area contributed by atoms with Crippen molar-refractivity contribution < 1.29 is 24.8 Å². The highest BCUT2D eigenvalue weighted by molar-refractivity contribution is 7.21. The van der Waals surface area contributed by atoms with Crippen LogP contribution in [0, 0.1) is 12.8 Å². The molecule has 40 heavy (non-hydrogen) atoms. The highest BCUT2D eigenvalue weighted by Gasteiger charge is 2.47.